The molecule has 0 fully saturated rings. The van der Waals surface area contributed by atoms with Gasteiger partial charge in [0.15, 0.2) is 9.84 Å². The van der Waals surface area contributed by atoms with E-state index in [1.807, 2.05) is 0 Å². The van der Waals surface area contributed by atoms with Crippen LogP contribution in [0, 0.1) is 0 Å². The number of halogens is 1. The van der Waals surface area contributed by atoms with Gasteiger partial charge in [0.2, 0.25) is 0 Å². The maximum absolute atomic E-state index is 12.8. The van der Waals surface area contributed by atoms with Crippen LogP contribution in [0.4, 0.5) is 4.79 Å². The molecule has 1 heterocycles. The van der Waals surface area contributed by atoms with Crippen LogP contribution in [0.15, 0.2) is 75.2 Å². The molecule has 1 unspecified atom stereocenters. The first kappa shape index (κ1) is 20.1. The molecule has 1 aliphatic heterocycles. The Hall–Kier alpha value is -2.65. The second-order valence-electron chi connectivity index (χ2n) is 6.04. The zero-order chi connectivity index (χ0) is 20.3. The van der Waals surface area contributed by atoms with Crippen LogP contribution < -0.4 is 10.6 Å². The van der Waals surface area contributed by atoms with Gasteiger partial charge in [0.25, 0.3) is 0 Å². The van der Waals surface area contributed by atoms with E-state index >= 15 is 0 Å². The van der Waals surface area contributed by atoms with E-state index in [0.717, 1.165) is 4.47 Å². The van der Waals surface area contributed by atoms with Crippen LogP contribution in [0.1, 0.15) is 11.6 Å². The maximum atomic E-state index is 12.8. The Kier molecular flexibility index (Phi) is 5.85. The molecule has 28 heavy (non-hydrogen) atoms. The summed E-state index contributed by atoms with van der Waals surface area (Å²) in [4.78, 5) is 24.7. The van der Waals surface area contributed by atoms with E-state index in [1.165, 1.54) is 19.2 Å². The summed E-state index contributed by atoms with van der Waals surface area (Å²) in [5.74, 6) is -1.27. The number of nitrogens with one attached hydrogen (secondary N) is 2. The monoisotopic (exact) mass is 464 g/mol. The third-order valence-electron chi connectivity index (χ3n) is 4.20. The van der Waals surface area contributed by atoms with Gasteiger partial charge in [-0.05, 0) is 29.8 Å². The predicted molar refractivity (Wildman–Crippen MR) is 106 cm³/mol. The number of urea groups is 1. The van der Waals surface area contributed by atoms with Crippen molar-refractivity contribution in [1.82, 2.24) is 10.6 Å². The van der Waals surface area contributed by atoms with Crippen molar-refractivity contribution >= 4 is 37.8 Å². The second-order valence-corrected chi connectivity index (χ2v) is 8.94. The molecule has 2 N–H and O–H groups in total. The zero-order valence-corrected chi connectivity index (χ0v) is 17.2. The van der Waals surface area contributed by atoms with E-state index in [4.69, 9.17) is 4.74 Å². The molecule has 0 bridgehead atoms. The lowest BCUT2D eigenvalue weighted by Crippen LogP contribution is -2.47. The number of benzene rings is 2. The molecule has 9 heteroatoms. The predicted octanol–water partition coefficient (Wildman–Crippen LogP) is 2.70. The fraction of sp³-hybridized carbons (Fsp3) is 0.158. The van der Waals surface area contributed by atoms with Crippen molar-refractivity contribution < 1.29 is 22.7 Å². The molecule has 0 radical (unpaired) electrons. The van der Waals surface area contributed by atoms with Crippen LogP contribution in [0.25, 0.3) is 0 Å². The van der Waals surface area contributed by atoms with Gasteiger partial charge < -0.3 is 15.4 Å². The Labute approximate surface area is 170 Å². The van der Waals surface area contributed by atoms with Gasteiger partial charge in [-0.2, -0.15) is 0 Å². The van der Waals surface area contributed by atoms with Crippen molar-refractivity contribution in [1.29, 1.82) is 0 Å². The third-order valence-corrected chi connectivity index (χ3v) is 6.39. The largest absolute Gasteiger partial charge is 0.466 e. The topological polar surface area (TPSA) is 102 Å². The number of carbonyl (C=O) groups excluding carboxylic acids is 2. The number of hydrogen-bond acceptors (Lipinski definition) is 5. The van der Waals surface area contributed by atoms with E-state index in [2.05, 4.69) is 26.6 Å². The molecule has 3 rings (SSSR count). The summed E-state index contributed by atoms with van der Waals surface area (Å²) in [5, 5.41) is 5.11. The van der Waals surface area contributed by atoms with Gasteiger partial charge in [-0.1, -0.05) is 46.3 Å². The molecule has 1 atom stereocenters. The SMILES string of the molecule is COC(=O)C1=C(CS(=O)(=O)c2ccc(Br)cc2)NC(=O)NC1c1ccccc1. The summed E-state index contributed by atoms with van der Waals surface area (Å²) < 4.78 is 31.3. The van der Waals surface area contributed by atoms with Crippen molar-refractivity contribution in [3.63, 3.8) is 0 Å². The molecule has 0 aliphatic carbocycles. The van der Waals surface area contributed by atoms with Crippen molar-refractivity contribution in [2.45, 2.75) is 10.9 Å². The molecule has 146 valence electrons. The number of rotatable bonds is 5. The number of hydrogen-bond donors (Lipinski definition) is 2. The molecule has 2 amide bonds. The van der Waals surface area contributed by atoms with Gasteiger partial charge >= 0.3 is 12.0 Å². The summed E-state index contributed by atoms with van der Waals surface area (Å²) in [6.07, 6.45) is 0. The first-order valence-electron chi connectivity index (χ1n) is 8.24. The lowest BCUT2D eigenvalue weighted by Gasteiger charge is -2.29. The number of amides is 2. The van der Waals surface area contributed by atoms with Gasteiger partial charge in [0, 0.05) is 10.2 Å². The van der Waals surface area contributed by atoms with Crippen LogP contribution >= 0.6 is 15.9 Å². The van der Waals surface area contributed by atoms with E-state index in [0.29, 0.717) is 5.56 Å². The third kappa shape index (κ3) is 4.26. The summed E-state index contributed by atoms with van der Waals surface area (Å²) in [5.41, 5.74) is 0.678. The Morgan fingerprint density at radius 1 is 1.11 bits per heavy atom. The van der Waals surface area contributed by atoms with Crippen LogP contribution in [-0.2, 0) is 19.4 Å². The molecule has 0 spiro atoms. The Balaban J connectivity index is 2.08. The highest BCUT2D eigenvalue weighted by atomic mass is 79.9. The number of ether oxygens (including phenoxy) is 1. The fourth-order valence-electron chi connectivity index (χ4n) is 2.89. The Morgan fingerprint density at radius 2 is 1.75 bits per heavy atom. The molecule has 0 saturated heterocycles. The van der Waals surface area contributed by atoms with Crippen LogP contribution in [0.2, 0.25) is 0 Å². The summed E-state index contributed by atoms with van der Waals surface area (Å²) in [7, 11) is -2.61. The first-order chi connectivity index (χ1) is 13.3. The number of esters is 1. The Morgan fingerprint density at radius 3 is 2.36 bits per heavy atom. The average Bonchev–Trinajstić information content (AvgIpc) is 2.67. The van der Waals surface area contributed by atoms with Crippen molar-refractivity contribution in [2.75, 3.05) is 12.9 Å². The van der Waals surface area contributed by atoms with E-state index in [-0.39, 0.29) is 16.2 Å². The lowest BCUT2D eigenvalue weighted by atomic mass is 9.96. The average molecular weight is 465 g/mol. The minimum atomic E-state index is -3.81. The molecule has 7 nitrogen and oxygen atoms in total. The van der Waals surface area contributed by atoms with E-state index < -0.39 is 33.6 Å². The minimum Gasteiger partial charge on any atom is -0.466 e. The van der Waals surface area contributed by atoms with E-state index in [1.54, 1.807) is 42.5 Å². The van der Waals surface area contributed by atoms with Crippen molar-refractivity contribution in [3.8, 4) is 0 Å². The highest BCUT2D eigenvalue weighted by Crippen LogP contribution is 2.29. The molecule has 2 aromatic carbocycles. The van der Waals surface area contributed by atoms with Gasteiger partial charge in [0.1, 0.15) is 0 Å². The number of carbonyl (C=O) groups is 2. The van der Waals surface area contributed by atoms with Gasteiger partial charge in [-0.15, -0.1) is 0 Å². The summed E-state index contributed by atoms with van der Waals surface area (Å²) >= 11 is 3.26. The highest BCUT2D eigenvalue weighted by molar-refractivity contribution is 9.10. The zero-order valence-electron chi connectivity index (χ0n) is 14.8. The molecule has 0 aromatic heterocycles. The van der Waals surface area contributed by atoms with Crippen LogP contribution in [0.3, 0.4) is 0 Å². The van der Waals surface area contributed by atoms with E-state index in [9.17, 15) is 18.0 Å². The number of methoxy groups -OCH3 is 1. The van der Waals surface area contributed by atoms with Crippen LogP contribution in [0.5, 0.6) is 0 Å². The second kappa shape index (κ2) is 8.15. The minimum absolute atomic E-state index is 0.00706. The molecular formula is C19H17BrN2O5S. The summed E-state index contributed by atoms with van der Waals surface area (Å²) in [6, 6.07) is 13.5. The maximum Gasteiger partial charge on any atom is 0.338 e. The van der Waals surface area contributed by atoms with Gasteiger partial charge in [-0.3, -0.25) is 0 Å². The molecule has 0 saturated carbocycles. The molecular weight excluding hydrogens is 448 g/mol. The molecule has 1 aliphatic rings. The quantitative estimate of drug-likeness (QED) is 0.662. The fourth-order valence-corrected chi connectivity index (χ4v) is 4.48. The lowest BCUT2D eigenvalue weighted by molar-refractivity contribution is -0.136. The standard InChI is InChI=1S/C19H17BrN2O5S/c1-27-18(23)16-15(11-28(25,26)14-9-7-13(20)8-10-14)21-19(24)22-17(16)12-5-3-2-4-6-12/h2-10,17H,11H2,1H3,(H2,21,22,24). The smallest absolute Gasteiger partial charge is 0.338 e. The van der Waals surface area contributed by atoms with Gasteiger partial charge in [0.05, 0.1) is 29.4 Å². The van der Waals surface area contributed by atoms with Crippen molar-refractivity contribution in [2.24, 2.45) is 0 Å². The number of sulfone groups is 1. The van der Waals surface area contributed by atoms with Crippen LogP contribution in [-0.4, -0.2) is 33.3 Å². The normalized spacial score (nSPS) is 16.9. The summed E-state index contributed by atoms with van der Waals surface area (Å²) in [6.45, 7) is 0. The highest BCUT2D eigenvalue weighted by Gasteiger charge is 2.35. The van der Waals surface area contributed by atoms with Gasteiger partial charge in [-0.25, -0.2) is 18.0 Å². The Bertz CT molecular complexity index is 1030. The first-order valence-corrected chi connectivity index (χ1v) is 10.7. The van der Waals surface area contributed by atoms with Crippen molar-refractivity contribution in [3.05, 3.63) is 75.9 Å². The molecule has 2 aromatic rings.